The monoisotopic (exact) mass is 408 g/mol. The molecule has 1 saturated heterocycles. The van der Waals surface area contributed by atoms with Crippen LogP contribution in [0, 0.1) is 0 Å². The zero-order valence-corrected chi connectivity index (χ0v) is 17.0. The SMILES string of the molecule is COc1ccc(-c2cnc(-c3ccccc3C(=O)NC[C@H]3CCCO3)o2)c(OC)c1. The zero-order valence-electron chi connectivity index (χ0n) is 17.0. The van der Waals surface area contributed by atoms with Gasteiger partial charge in [0.15, 0.2) is 5.76 Å². The first kappa shape index (κ1) is 20.0. The van der Waals surface area contributed by atoms with Crippen LogP contribution in [0.2, 0.25) is 0 Å². The Labute approximate surface area is 175 Å². The lowest BCUT2D eigenvalue weighted by molar-refractivity contribution is 0.0858. The van der Waals surface area contributed by atoms with Crippen LogP contribution < -0.4 is 14.8 Å². The number of methoxy groups -OCH3 is 2. The predicted molar refractivity (Wildman–Crippen MR) is 112 cm³/mol. The quantitative estimate of drug-likeness (QED) is 0.638. The van der Waals surface area contributed by atoms with Gasteiger partial charge in [0.1, 0.15) is 11.5 Å². The van der Waals surface area contributed by atoms with Crippen molar-refractivity contribution in [3.05, 3.63) is 54.2 Å². The van der Waals surface area contributed by atoms with Crippen LogP contribution in [0.25, 0.3) is 22.8 Å². The molecule has 156 valence electrons. The van der Waals surface area contributed by atoms with Crippen LogP contribution >= 0.6 is 0 Å². The van der Waals surface area contributed by atoms with Gasteiger partial charge in [0, 0.05) is 24.8 Å². The second kappa shape index (κ2) is 9.00. The van der Waals surface area contributed by atoms with Crippen molar-refractivity contribution in [2.75, 3.05) is 27.4 Å². The number of benzene rings is 2. The second-order valence-electron chi connectivity index (χ2n) is 6.99. The van der Waals surface area contributed by atoms with Gasteiger partial charge in [0.2, 0.25) is 5.89 Å². The molecule has 1 amide bonds. The Balaban J connectivity index is 1.59. The molecular weight excluding hydrogens is 384 g/mol. The highest BCUT2D eigenvalue weighted by Crippen LogP contribution is 2.35. The molecule has 7 nitrogen and oxygen atoms in total. The third kappa shape index (κ3) is 4.16. The Hall–Kier alpha value is -3.32. The summed E-state index contributed by atoms with van der Waals surface area (Å²) in [7, 11) is 3.19. The molecule has 0 bridgehead atoms. The molecule has 0 spiro atoms. The zero-order chi connectivity index (χ0) is 20.9. The van der Waals surface area contributed by atoms with E-state index in [0.29, 0.717) is 40.8 Å². The van der Waals surface area contributed by atoms with Gasteiger partial charge in [-0.2, -0.15) is 0 Å². The second-order valence-corrected chi connectivity index (χ2v) is 6.99. The van der Waals surface area contributed by atoms with Gasteiger partial charge in [-0.25, -0.2) is 4.98 Å². The summed E-state index contributed by atoms with van der Waals surface area (Å²) in [6.45, 7) is 1.25. The van der Waals surface area contributed by atoms with E-state index in [2.05, 4.69) is 10.3 Å². The predicted octanol–water partition coefficient (Wildman–Crippen LogP) is 3.93. The first-order chi connectivity index (χ1) is 14.7. The van der Waals surface area contributed by atoms with Gasteiger partial charge in [0.05, 0.1) is 37.6 Å². The minimum absolute atomic E-state index is 0.0805. The topological polar surface area (TPSA) is 82.8 Å². The molecule has 7 heteroatoms. The molecular formula is C23H24N2O5. The molecule has 1 N–H and O–H groups in total. The van der Waals surface area contributed by atoms with Crippen LogP contribution in [0.15, 0.2) is 53.1 Å². The summed E-state index contributed by atoms with van der Waals surface area (Å²) in [5.41, 5.74) is 1.88. The Kier molecular flexibility index (Phi) is 5.99. The summed E-state index contributed by atoms with van der Waals surface area (Å²) in [6, 6.07) is 12.7. The molecule has 30 heavy (non-hydrogen) atoms. The number of hydrogen-bond donors (Lipinski definition) is 1. The van der Waals surface area contributed by atoms with E-state index in [9.17, 15) is 4.79 Å². The minimum atomic E-state index is -0.178. The Morgan fingerprint density at radius 2 is 2.03 bits per heavy atom. The number of aromatic nitrogens is 1. The van der Waals surface area contributed by atoms with E-state index in [4.69, 9.17) is 18.6 Å². The van der Waals surface area contributed by atoms with Crippen LogP contribution in [-0.2, 0) is 4.74 Å². The van der Waals surface area contributed by atoms with Crippen molar-refractivity contribution in [2.45, 2.75) is 18.9 Å². The van der Waals surface area contributed by atoms with Crippen molar-refractivity contribution in [3.8, 4) is 34.3 Å². The van der Waals surface area contributed by atoms with Crippen LogP contribution in [-0.4, -0.2) is 44.4 Å². The molecule has 0 aliphatic carbocycles. The number of carbonyl (C=O) groups is 1. The maximum atomic E-state index is 12.8. The van der Waals surface area contributed by atoms with Crippen molar-refractivity contribution in [2.24, 2.45) is 0 Å². The summed E-state index contributed by atoms with van der Waals surface area (Å²) in [5.74, 6) is 2.02. The van der Waals surface area contributed by atoms with Crippen molar-refractivity contribution in [3.63, 3.8) is 0 Å². The number of nitrogens with zero attached hydrogens (tertiary/aromatic N) is 1. The van der Waals surface area contributed by atoms with E-state index in [0.717, 1.165) is 25.0 Å². The van der Waals surface area contributed by atoms with Crippen molar-refractivity contribution < 1.29 is 23.4 Å². The number of ether oxygens (including phenoxy) is 3. The highest BCUT2D eigenvalue weighted by Gasteiger charge is 2.20. The molecule has 0 saturated carbocycles. The third-order valence-electron chi connectivity index (χ3n) is 5.10. The maximum absolute atomic E-state index is 12.8. The first-order valence-corrected chi connectivity index (χ1v) is 9.87. The average Bonchev–Trinajstić information content (AvgIpc) is 3.49. The fourth-order valence-corrected chi connectivity index (χ4v) is 3.50. The Morgan fingerprint density at radius 1 is 1.17 bits per heavy atom. The van der Waals surface area contributed by atoms with Crippen molar-refractivity contribution >= 4 is 5.91 Å². The van der Waals surface area contributed by atoms with E-state index >= 15 is 0 Å². The van der Waals surface area contributed by atoms with Gasteiger partial charge in [0.25, 0.3) is 5.91 Å². The molecule has 0 unspecified atom stereocenters. The number of hydrogen-bond acceptors (Lipinski definition) is 6. The van der Waals surface area contributed by atoms with Crippen molar-refractivity contribution in [1.29, 1.82) is 0 Å². The van der Waals surface area contributed by atoms with Gasteiger partial charge in [-0.05, 0) is 37.1 Å². The van der Waals surface area contributed by atoms with E-state index < -0.39 is 0 Å². The van der Waals surface area contributed by atoms with E-state index in [1.165, 1.54) is 0 Å². The molecule has 0 radical (unpaired) electrons. The molecule has 4 rings (SSSR count). The largest absolute Gasteiger partial charge is 0.497 e. The molecule has 1 aromatic heterocycles. The van der Waals surface area contributed by atoms with Crippen molar-refractivity contribution in [1.82, 2.24) is 10.3 Å². The molecule has 2 aromatic carbocycles. The lowest BCUT2D eigenvalue weighted by Crippen LogP contribution is -2.32. The summed E-state index contributed by atoms with van der Waals surface area (Å²) in [4.78, 5) is 17.2. The third-order valence-corrected chi connectivity index (χ3v) is 5.10. The summed E-state index contributed by atoms with van der Waals surface area (Å²) in [6.07, 6.45) is 3.71. The van der Waals surface area contributed by atoms with Crippen LogP contribution in [0.3, 0.4) is 0 Å². The minimum Gasteiger partial charge on any atom is -0.497 e. The fraction of sp³-hybridized carbons (Fsp3) is 0.304. The lowest BCUT2D eigenvalue weighted by atomic mass is 10.1. The van der Waals surface area contributed by atoms with Crippen LogP contribution in [0.1, 0.15) is 23.2 Å². The molecule has 1 atom stereocenters. The number of nitrogens with one attached hydrogen (secondary N) is 1. The molecule has 1 aliphatic rings. The number of carbonyl (C=O) groups excluding carboxylic acids is 1. The van der Waals surface area contributed by atoms with Gasteiger partial charge < -0.3 is 23.9 Å². The van der Waals surface area contributed by atoms with Gasteiger partial charge >= 0.3 is 0 Å². The first-order valence-electron chi connectivity index (χ1n) is 9.87. The Morgan fingerprint density at radius 3 is 2.80 bits per heavy atom. The highest BCUT2D eigenvalue weighted by atomic mass is 16.5. The van der Waals surface area contributed by atoms with Gasteiger partial charge in [-0.15, -0.1) is 0 Å². The summed E-state index contributed by atoms with van der Waals surface area (Å²) in [5, 5.41) is 2.95. The lowest BCUT2D eigenvalue weighted by Gasteiger charge is -2.12. The molecule has 2 heterocycles. The molecule has 1 aliphatic heterocycles. The summed E-state index contributed by atoms with van der Waals surface area (Å²) >= 11 is 0. The molecule has 3 aromatic rings. The van der Waals surface area contributed by atoms with Gasteiger partial charge in [-0.1, -0.05) is 12.1 Å². The van der Waals surface area contributed by atoms with E-state index in [1.54, 1.807) is 32.5 Å². The van der Waals surface area contributed by atoms with E-state index in [-0.39, 0.29) is 12.0 Å². The average molecular weight is 408 g/mol. The number of oxazole rings is 1. The fourth-order valence-electron chi connectivity index (χ4n) is 3.50. The highest BCUT2D eigenvalue weighted by molar-refractivity contribution is 6.00. The molecule has 1 fully saturated rings. The standard InChI is InChI=1S/C23H24N2O5/c1-27-15-9-10-19(20(12-15)28-2)21-14-25-23(30-21)18-8-4-3-7-17(18)22(26)24-13-16-6-5-11-29-16/h3-4,7-10,12,14,16H,5-6,11,13H2,1-2H3,(H,24,26)/t16-/m1/s1. The normalized spacial score (nSPS) is 15.7. The van der Waals surface area contributed by atoms with Crippen LogP contribution in [0.5, 0.6) is 11.5 Å². The maximum Gasteiger partial charge on any atom is 0.252 e. The summed E-state index contributed by atoms with van der Waals surface area (Å²) < 4.78 is 22.3. The van der Waals surface area contributed by atoms with E-state index in [1.807, 2.05) is 30.3 Å². The Bertz CT molecular complexity index is 1020. The van der Waals surface area contributed by atoms with Crippen LogP contribution in [0.4, 0.5) is 0 Å². The van der Waals surface area contributed by atoms with Gasteiger partial charge in [-0.3, -0.25) is 4.79 Å². The number of rotatable bonds is 7. The number of amides is 1. The smallest absolute Gasteiger partial charge is 0.252 e.